The van der Waals surface area contributed by atoms with E-state index in [2.05, 4.69) is 24.5 Å². The Morgan fingerprint density at radius 3 is 2.41 bits per heavy atom. The summed E-state index contributed by atoms with van der Waals surface area (Å²) < 4.78 is 32.8. The zero-order valence-corrected chi connectivity index (χ0v) is 20.2. The van der Waals surface area contributed by atoms with Gasteiger partial charge in [0.25, 0.3) is 0 Å². The second kappa shape index (κ2) is 10.8. The van der Waals surface area contributed by atoms with Gasteiger partial charge in [-0.1, -0.05) is 43.6 Å². The smallest absolute Gasteiger partial charge is 0.243 e. The normalized spacial score (nSPS) is 16.2. The molecule has 1 heterocycles. The van der Waals surface area contributed by atoms with Crippen LogP contribution in [-0.2, 0) is 19.6 Å². The van der Waals surface area contributed by atoms with Crippen molar-refractivity contribution < 1.29 is 17.9 Å². The van der Waals surface area contributed by atoms with Crippen molar-refractivity contribution in [3.05, 3.63) is 58.6 Å². The Hall–Kier alpha value is -1.97. The van der Waals surface area contributed by atoms with Crippen molar-refractivity contribution in [3.63, 3.8) is 0 Å². The van der Waals surface area contributed by atoms with Gasteiger partial charge in [0.2, 0.25) is 15.9 Å². The van der Waals surface area contributed by atoms with E-state index in [0.29, 0.717) is 42.6 Å². The largest absolute Gasteiger partial charge is 0.379 e. The van der Waals surface area contributed by atoms with Gasteiger partial charge in [0.05, 0.1) is 24.7 Å². The lowest BCUT2D eigenvalue weighted by molar-refractivity contribution is -0.115. The summed E-state index contributed by atoms with van der Waals surface area (Å²) >= 11 is 5.98. The molecule has 0 aliphatic carbocycles. The van der Waals surface area contributed by atoms with E-state index in [0.717, 1.165) is 5.56 Å². The van der Waals surface area contributed by atoms with E-state index in [-0.39, 0.29) is 29.3 Å². The number of ether oxygens (including phenoxy) is 1. The second-order valence-corrected chi connectivity index (χ2v) is 10.5. The molecule has 1 unspecified atom stereocenters. The van der Waals surface area contributed by atoms with Gasteiger partial charge in [0, 0.05) is 29.8 Å². The summed E-state index contributed by atoms with van der Waals surface area (Å²) in [4.78, 5) is 12.8. The highest BCUT2D eigenvalue weighted by Crippen LogP contribution is 2.25. The highest BCUT2D eigenvalue weighted by atomic mass is 35.5. The summed E-state index contributed by atoms with van der Waals surface area (Å²) in [6, 6.07) is 12.5. The molecule has 0 aromatic heterocycles. The third-order valence-corrected chi connectivity index (χ3v) is 7.73. The number of hydrogen-bond acceptors (Lipinski definition) is 5. The van der Waals surface area contributed by atoms with E-state index in [1.807, 2.05) is 24.3 Å². The Bertz CT molecular complexity index is 1040. The van der Waals surface area contributed by atoms with Crippen molar-refractivity contribution >= 4 is 33.2 Å². The first-order chi connectivity index (χ1) is 15.2. The number of aryl methyl sites for hydroxylation is 1. The lowest BCUT2D eigenvalue weighted by Gasteiger charge is -2.27. The first kappa shape index (κ1) is 24.7. The molecule has 174 valence electrons. The van der Waals surface area contributed by atoms with Gasteiger partial charge in [0.15, 0.2) is 0 Å². The molecule has 1 saturated heterocycles. The van der Waals surface area contributed by atoms with Crippen molar-refractivity contribution in [2.45, 2.75) is 31.7 Å². The average molecular weight is 480 g/mol. The van der Waals surface area contributed by atoms with Crippen LogP contribution in [0.4, 0.5) is 5.69 Å². The molecular formula is C23H30ClN3O4S. The van der Waals surface area contributed by atoms with E-state index >= 15 is 0 Å². The molecule has 2 aromatic carbocycles. The first-order valence-corrected chi connectivity index (χ1v) is 12.5. The number of nitrogens with zero attached hydrogens (tertiary/aromatic N) is 1. The Labute approximate surface area is 195 Å². The van der Waals surface area contributed by atoms with Gasteiger partial charge in [-0.25, -0.2) is 8.42 Å². The predicted octanol–water partition coefficient (Wildman–Crippen LogP) is 3.59. The third kappa shape index (κ3) is 6.08. The van der Waals surface area contributed by atoms with Crippen LogP contribution >= 0.6 is 11.6 Å². The quantitative estimate of drug-likeness (QED) is 0.604. The molecule has 2 aromatic rings. The number of rotatable bonds is 8. The van der Waals surface area contributed by atoms with Crippen LogP contribution in [0.25, 0.3) is 0 Å². The van der Waals surface area contributed by atoms with Gasteiger partial charge in [0.1, 0.15) is 0 Å². The minimum Gasteiger partial charge on any atom is -0.379 e. The number of amides is 1. The Morgan fingerprint density at radius 1 is 1.12 bits per heavy atom. The zero-order valence-electron chi connectivity index (χ0n) is 18.6. The minimum atomic E-state index is -3.65. The second-order valence-electron chi connectivity index (χ2n) is 8.20. The predicted molar refractivity (Wildman–Crippen MR) is 126 cm³/mol. The van der Waals surface area contributed by atoms with Crippen molar-refractivity contribution in [2.75, 3.05) is 38.2 Å². The highest BCUT2D eigenvalue weighted by molar-refractivity contribution is 7.89. The lowest BCUT2D eigenvalue weighted by Crippen LogP contribution is -2.40. The molecule has 1 atom stereocenters. The number of morpholine rings is 1. The summed E-state index contributed by atoms with van der Waals surface area (Å²) in [5.41, 5.74) is 2.13. The van der Waals surface area contributed by atoms with E-state index in [1.165, 1.54) is 10.4 Å². The maximum absolute atomic E-state index is 13.1. The third-order valence-electron chi connectivity index (χ3n) is 5.44. The van der Waals surface area contributed by atoms with E-state index in [4.69, 9.17) is 16.3 Å². The Morgan fingerprint density at radius 2 is 1.78 bits per heavy atom. The van der Waals surface area contributed by atoms with E-state index < -0.39 is 10.0 Å². The van der Waals surface area contributed by atoms with E-state index in [1.54, 1.807) is 19.1 Å². The van der Waals surface area contributed by atoms with Crippen molar-refractivity contribution in [3.8, 4) is 0 Å². The summed E-state index contributed by atoms with van der Waals surface area (Å²) in [6.45, 7) is 7.40. The van der Waals surface area contributed by atoms with Crippen LogP contribution in [0.5, 0.6) is 0 Å². The molecule has 3 rings (SSSR count). The topological polar surface area (TPSA) is 87.7 Å². The number of halogens is 1. The number of sulfonamides is 1. The van der Waals surface area contributed by atoms with Gasteiger partial charge in [-0.3, -0.25) is 4.79 Å². The number of anilines is 1. The van der Waals surface area contributed by atoms with Gasteiger partial charge < -0.3 is 15.4 Å². The molecule has 0 bridgehead atoms. The standard InChI is InChI=1S/C23H30ClN3O4S/c1-16(2)23(18-5-7-19(24)8-6-18)25-15-22(28)26-20-9-4-17(3)21(14-20)32(29,30)27-10-12-31-13-11-27/h4-9,14,16,23,25H,10-13,15H2,1-3H3,(H,26,28). The van der Waals surface area contributed by atoms with Crippen LogP contribution in [0.15, 0.2) is 47.4 Å². The van der Waals surface area contributed by atoms with Crippen LogP contribution < -0.4 is 10.6 Å². The fraction of sp³-hybridized carbons (Fsp3) is 0.435. The minimum absolute atomic E-state index is 0.0201. The Kier molecular flexibility index (Phi) is 8.30. The summed E-state index contributed by atoms with van der Waals surface area (Å²) in [7, 11) is -3.65. The fourth-order valence-corrected chi connectivity index (χ4v) is 5.48. The molecule has 1 aliphatic heterocycles. The molecule has 0 spiro atoms. The molecule has 0 radical (unpaired) electrons. The zero-order chi connectivity index (χ0) is 23.3. The highest BCUT2D eigenvalue weighted by Gasteiger charge is 2.28. The maximum Gasteiger partial charge on any atom is 0.243 e. The molecule has 1 fully saturated rings. The Balaban J connectivity index is 1.68. The molecule has 0 saturated carbocycles. The van der Waals surface area contributed by atoms with Crippen molar-refractivity contribution in [2.24, 2.45) is 5.92 Å². The molecule has 2 N–H and O–H groups in total. The van der Waals surface area contributed by atoms with Gasteiger partial charge >= 0.3 is 0 Å². The fourth-order valence-electron chi connectivity index (χ4n) is 3.70. The number of carbonyl (C=O) groups is 1. The first-order valence-electron chi connectivity index (χ1n) is 10.7. The SMILES string of the molecule is Cc1ccc(NC(=O)CNC(c2ccc(Cl)cc2)C(C)C)cc1S(=O)(=O)N1CCOCC1. The summed E-state index contributed by atoms with van der Waals surface area (Å²) in [5, 5.41) is 6.76. The van der Waals surface area contributed by atoms with Crippen LogP contribution in [0, 0.1) is 12.8 Å². The lowest BCUT2D eigenvalue weighted by atomic mass is 9.96. The summed E-state index contributed by atoms with van der Waals surface area (Å²) in [5.74, 6) is 0.0109. The molecular weight excluding hydrogens is 450 g/mol. The number of hydrogen-bond donors (Lipinski definition) is 2. The van der Waals surface area contributed by atoms with Gasteiger partial charge in [-0.05, 0) is 48.2 Å². The van der Waals surface area contributed by atoms with Crippen LogP contribution in [0.1, 0.15) is 31.0 Å². The van der Waals surface area contributed by atoms with Crippen LogP contribution in [0.2, 0.25) is 5.02 Å². The van der Waals surface area contributed by atoms with E-state index in [9.17, 15) is 13.2 Å². The van der Waals surface area contributed by atoms with Crippen molar-refractivity contribution in [1.82, 2.24) is 9.62 Å². The number of benzene rings is 2. The molecule has 1 aliphatic rings. The molecule has 7 nitrogen and oxygen atoms in total. The molecule has 9 heteroatoms. The van der Waals surface area contributed by atoms with Gasteiger partial charge in [-0.15, -0.1) is 0 Å². The maximum atomic E-state index is 13.1. The van der Waals surface area contributed by atoms with Crippen molar-refractivity contribution in [1.29, 1.82) is 0 Å². The number of carbonyl (C=O) groups excluding carboxylic acids is 1. The average Bonchev–Trinajstić information content (AvgIpc) is 2.76. The van der Waals surface area contributed by atoms with Crippen LogP contribution in [0.3, 0.4) is 0 Å². The monoisotopic (exact) mass is 479 g/mol. The molecule has 32 heavy (non-hydrogen) atoms. The van der Waals surface area contributed by atoms with Crippen LogP contribution in [-0.4, -0.2) is 51.5 Å². The number of nitrogens with one attached hydrogen (secondary N) is 2. The van der Waals surface area contributed by atoms with Gasteiger partial charge in [-0.2, -0.15) is 4.31 Å². The summed E-state index contributed by atoms with van der Waals surface area (Å²) in [6.07, 6.45) is 0. The molecule has 1 amide bonds.